The van der Waals surface area contributed by atoms with Crippen LogP contribution in [0.3, 0.4) is 0 Å². The highest BCUT2D eigenvalue weighted by atomic mass is 19.1. The molecule has 1 aromatic rings. The Kier molecular flexibility index (Phi) is 3.82. The lowest BCUT2D eigenvalue weighted by Crippen LogP contribution is -2.25. The number of oxime groups is 1. The topological polar surface area (TPSA) is 82.1 Å². The van der Waals surface area contributed by atoms with Gasteiger partial charge in [-0.15, -0.1) is 0 Å². The van der Waals surface area contributed by atoms with Gasteiger partial charge < -0.3 is 16.0 Å². The van der Waals surface area contributed by atoms with E-state index in [0.717, 1.165) is 25.9 Å². The SMILES string of the molecule is N/C(=N/O)c1ccc(CN2CC3CCC(O)C3C2)c(F)c1. The Balaban J connectivity index is 1.69. The molecule has 1 aliphatic carbocycles. The molecule has 4 N–H and O–H groups in total. The van der Waals surface area contributed by atoms with E-state index < -0.39 is 0 Å². The predicted molar refractivity (Wildman–Crippen MR) is 76.4 cm³/mol. The number of nitrogens with zero attached hydrogens (tertiary/aromatic N) is 2. The van der Waals surface area contributed by atoms with Gasteiger partial charge in [0, 0.05) is 36.7 Å². The minimum atomic E-state index is -0.350. The van der Waals surface area contributed by atoms with Crippen molar-refractivity contribution in [2.45, 2.75) is 25.5 Å². The van der Waals surface area contributed by atoms with E-state index in [9.17, 15) is 9.50 Å². The van der Waals surface area contributed by atoms with Gasteiger partial charge in [-0.2, -0.15) is 0 Å². The van der Waals surface area contributed by atoms with E-state index in [2.05, 4.69) is 10.1 Å². The molecule has 114 valence electrons. The fraction of sp³-hybridized carbons (Fsp3) is 0.533. The number of aliphatic hydroxyl groups excluding tert-OH is 1. The molecule has 1 heterocycles. The molecule has 0 radical (unpaired) electrons. The van der Waals surface area contributed by atoms with Crippen LogP contribution in [0.1, 0.15) is 24.0 Å². The fourth-order valence-corrected chi connectivity index (χ4v) is 3.59. The fourth-order valence-electron chi connectivity index (χ4n) is 3.59. The van der Waals surface area contributed by atoms with Crippen LogP contribution in [0, 0.1) is 17.7 Å². The third-order valence-corrected chi connectivity index (χ3v) is 4.75. The van der Waals surface area contributed by atoms with Crippen molar-refractivity contribution < 1.29 is 14.7 Å². The average Bonchev–Trinajstić information content (AvgIpc) is 3.02. The van der Waals surface area contributed by atoms with Gasteiger partial charge >= 0.3 is 0 Å². The van der Waals surface area contributed by atoms with Crippen molar-refractivity contribution in [1.29, 1.82) is 0 Å². The largest absolute Gasteiger partial charge is 0.409 e. The van der Waals surface area contributed by atoms with Crippen molar-refractivity contribution in [3.8, 4) is 0 Å². The van der Waals surface area contributed by atoms with Crippen LogP contribution in [0.4, 0.5) is 4.39 Å². The number of likely N-dealkylation sites (tertiary alicyclic amines) is 1. The van der Waals surface area contributed by atoms with Gasteiger partial charge in [0.2, 0.25) is 0 Å². The standard InChI is InChI=1S/C15H20FN3O2/c16-13-5-9(15(17)18-21)1-2-11(13)7-19-6-10-3-4-14(20)12(10)8-19/h1-2,5,10,12,14,20-21H,3-4,6-8H2,(H2,17,18). The lowest BCUT2D eigenvalue weighted by molar-refractivity contribution is 0.123. The molecule has 0 spiro atoms. The predicted octanol–water partition coefficient (Wildman–Crippen LogP) is 1.12. The first-order valence-corrected chi connectivity index (χ1v) is 7.25. The molecule has 0 amide bonds. The molecular weight excluding hydrogens is 273 g/mol. The zero-order valence-electron chi connectivity index (χ0n) is 11.7. The summed E-state index contributed by atoms with van der Waals surface area (Å²) in [5, 5.41) is 21.4. The lowest BCUT2D eigenvalue weighted by Gasteiger charge is -2.18. The van der Waals surface area contributed by atoms with E-state index in [0.29, 0.717) is 29.5 Å². The van der Waals surface area contributed by atoms with Gasteiger partial charge in [0.25, 0.3) is 0 Å². The maximum Gasteiger partial charge on any atom is 0.170 e. The summed E-state index contributed by atoms with van der Waals surface area (Å²) in [5.41, 5.74) is 6.41. The summed E-state index contributed by atoms with van der Waals surface area (Å²) < 4.78 is 14.1. The van der Waals surface area contributed by atoms with Gasteiger partial charge in [-0.1, -0.05) is 17.3 Å². The summed E-state index contributed by atoms with van der Waals surface area (Å²) >= 11 is 0. The van der Waals surface area contributed by atoms with E-state index in [-0.39, 0.29) is 17.8 Å². The van der Waals surface area contributed by atoms with Crippen LogP contribution in [0.25, 0.3) is 0 Å². The van der Waals surface area contributed by atoms with Crippen LogP contribution in [0.2, 0.25) is 0 Å². The van der Waals surface area contributed by atoms with Crippen molar-refractivity contribution >= 4 is 5.84 Å². The highest BCUT2D eigenvalue weighted by molar-refractivity contribution is 5.97. The summed E-state index contributed by atoms with van der Waals surface area (Å²) in [6.45, 7) is 2.28. The van der Waals surface area contributed by atoms with Crippen LogP contribution in [-0.2, 0) is 6.54 Å². The molecular formula is C15H20FN3O2. The summed E-state index contributed by atoms with van der Waals surface area (Å²) in [6, 6.07) is 4.61. The first-order chi connectivity index (χ1) is 10.1. The molecule has 2 fully saturated rings. The summed E-state index contributed by atoms with van der Waals surface area (Å²) in [5.74, 6) is 0.431. The molecule has 1 saturated carbocycles. The number of nitrogens with two attached hydrogens (primary N) is 1. The molecule has 1 aliphatic heterocycles. The third kappa shape index (κ3) is 2.73. The van der Waals surface area contributed by atoms with Gasteiger partial charge in [-0.25, -0.2) is 4.39 Å². The van der Waals surface area contributed by atoms with E-state index in [1.165, 1.54) is 6.07 Å². The Morgan fingerprint density at radius 2 is 2.19 bits per heavy atom. The second kappa shape index (κ2) is 5.61. The lowest BCUT2D eigenvalue weighted by atomic mass is 10.00. The molecule has 2 aliphatic rings. The number of hydrogen-bond donors (Lipinski definition) is 3. The number of fused-ring (bicyclic) bond motifs is 1. The second-order valence-corrected chi connectivity index (χ2v) is 6.05. The van der Waals surface area contributed by atoms with Gasteiger partial charge in [0.15, 0.2) is 5.84 Å². The quantitative estimate of drug-likeness (QED) is 0.338. The number of amidine groups is 1. The van der Waals surface area contributed by atoms with E-state index in [1.54, 1.807) is 12.1 Å². The number of halogens is 1. The maximum atomic E-state index is 14.1. The Morgan fingerprint density at radius 1 is 1.38 bits per heavy atom. The second-order valence-electron chi connectivity index (χ2n) is 6.05. The Labute approximate surface area is 122 Å². The minimum absolute atomic E-state index is 0.0979. The van der Waals surface area contributed by atoms with Crippen molar-refractivity contribution in [3.05, 3.63) is 35.1 Å². The summed E-state index contributed by atoms with van der Waals surface area (Å²) in [4.78, 5) is 2.19. The van der Waals surface area contributed by atoms with Gasteiger partial charge in [-0.05, 0) is 24.8 Å². The number of aliphatic hydroxyl groups is 1. The highest BCUT2D eigenvalue weighted by Gasteiger charge is 2.41. The van der Waals surface area contributed by atoms with Gasteiger partial charge in [0.05, 0.1) is 6.10 Å². The Hall–Kier alpha value is -1.66. The molecule has 3 unspecified atom stereocenters. The van der Waals surface area contributed by atoms with Crippen molar-refractivity contribution in [2.24, 2.45) is 22.7 Å². The van der Waals surface area contributed by atoms with Gasteiger partial charge in [-0.3, -0.25) is 4.90 Å². The molecule has 5 nitrogen and oxygen atoms in total. The zero-order chi connectivity index (χ0) is 15.0. The number of benzene rings is 1. The molecule has 3 atom stereocenters. The normalized spacial score (nSPS) is 29.8. The first kappa shape index (κ1) is 14.3. The van der Waals surface area contributed by atoms with E-state index >= 15 is 0 Å². The monoisotopic (exact) mass is 293 g/mol. The summed E-state index contributed by atoms with van der Waals surface area (Å²) in [7, 11) is 0. The van der Waals surface area contributed by atoms with Crippen LogP contribution >= 0.6 is 0 Å². The van der Waals surface area contributed by atoms with Crippen LogP contribution in [-0.4, -0.2) is 40.2 Å². The molecule has 0 aromatic heterocycles. The minimum Gasteiger partial charge on any atom is -0.409 e. The summed E-state index contributed by atoms with van der Waals surface area (Å²) in [6.07, 6.45) is 1.76. The smallest absolute Gasteiger partial charge is 0.170 e. The van der Waals surface area contributed by atoms with E-state index in [4.69, 9.17) is 10.9 Å². The molecule has 1 saturated heterocycles. The third-order valence-electron chi connectivity index (χ3n) is 4.75. The first-order valence-electron chi connectivity index (χ1n) is 7.25. The van der Waals surface area contributed by atoms with Crippen LogP contribution in [0.5, 0.6) is 0 Å². The van der Waals surface area contributed by atoms with Crippen molar-refractivity contribution in [2.75, 3.05) is 13.1 Å². The molecule has 1 aromatic carbocycles. The van der Waals surface area contributed by atoms with E-state index in [1.807, 2.05) is 0 Å². The average molecular weight is 293 g/mol. The highest BCUT2D eigenvalue weighted by Crippen LogP contribution is 2.38. The van der Waals surface area contributed by atoms with Crippen LogP contribution < -0.4 is 5.73 Å². The van der Waals surface area contributed by atoms with Gasteiger partial charge in [0.1, 0.15) is 5.82 Å². The molecule has 0 bridgehead atoms. The Morgan fingerprint density at radius 3 is 2.86 bits per heavy atom. The number of rotatable bonds is 3. The maximum absolute atomic E-state index is 14.1. The zero-order valence-corrected chi connectivity index (χ0v) is 11.7. The molecule has 3 rings (SSSR count). The van der Waals surface area contributed by atoms with Crippen molar-refractivity contribution in [3.63, 3.8) is 0 Å². The molecule has 6 heteroatoms. The van der Waals surface area contributed by atoms with Crippen molar-refractivity contribution in [1.82, 2.24) is 4.90 Å². The Bertz CT molecular complexity index is 564. The molecule has 21 heavy (non-hydrogen) atoms. The van der Waals surface area contributed by atoms with Crippen LogP contribution in [0.15, 0.2) is 23.4 Å². The number of hydrogen-bond acceptors (Lipinski definition) is 4.